The molecule has 1 aliphatic heterocycles. The van der Waals surface area contributed by atoms with Crippen molar-refractivity contribution in [3.63, 3.8) is 0 Å². The number of fused-ring (bicyclic) bond motifs is 1. The van der Waals surface area contributed by atoms with E-state index in [-0.39, 0.29) is 12.0 Å². The highest BCUT2D eigenvalue weighted by molar-refractivity contribution is 5.80. The van der Waals surface area contributed by atoms with Gasteiger partial charge in [0, 0.05) is 7.05 Å². The molecule has 1 atom stereocenters. The molecule has 0 saturated carbocycles. The van der Waals surface area contributed by atoms with E-state index >= 15 is 0 Å². The number of nitrogens with zero attached hydrogens (tertiary/aromatic N) is 3. The number of aromatic nitrogens is 3. The van der Waals surface area contributed by atoms with Crippen molar-refractivity contribution in [1.82, 2.24) is 15.0 Å². The number of hydrogen-bond acceptors (Lipinski definition) is 5. The molecule has 0 spiro atoms. The van der Waals surface area contributed by atoms with E-state index in [9.17, 15) is 4.79 Å². The zero-order valence-corrected chi connectivity index (χ0v) is 10.6. The molecular weight excluding hydrogens is 220 g/mol. The maximum absolute atomic E-state index is 11.9. The fourth-order valence-electron chi connectivity index (χ4n) is 1.81. The molecule has 0 aromatic carbocycles. The van der Waals surface area contributed by atoms with Crippen LogP contribution in [0.2, 0.25) is 0 Å². The predicted molar refractivity (Wildman–Crippen MR) is 62.6 cm³/mol. The smallest absolute Gasteiger partial charge is 0.329 e. The maximum atomic E-state index is 11.9. The molecule has 1 N–H and O–H groups in total. The van der Waals surface area contributed by atoms with E-state index in [1.54, 1.807) is 11.7 Å². The molecule has 0 radical (unpaired) electrons. The lowest BCUT2D eigenvalue weighted by Gasteiger charge is -2.27. The third-order valence-corrected chi connectivity index (χ3v) is 2.57. The summed E-state index contributed by atoms with van der Waals surface area (Å²) >= 11 is 0. The predicted octanol–water partition coefficient (Wildman–Crippen LogP) is 0.883. The molecule has 2 heterocycles. The standard InChI is InChI=1S/C11H18N4O2/c1-11(2,3)17-10(16)8-6-5-7-9(12-8)15(4)14-13-7/h8,12H,5-6H2,1-4H3. The third kappa shape index (κ3) is 2.57. The Morgan fingerprint density at radius 1 is 1.53 bits per heavy atom. The molecule has 0 amide bonds. The minimum atomic E-state index is -0.455. The van der Waals surface area contributed by atoms with E-state index in [0.717, 1.165) is 17.9 Å². The van der Waals surface area contributed by atoms with Crippen LogP contribution in [0.15, 0.2) is 0 Å². The lowest BCUT2D eigenvalue weighted by Crippen LogP contribution is -2.39. The molecule has 1 aromatic rings. The van der Waals surface area contributed by atoms with Crippen molar-refractivity contribution in [2.24, 2.45) is 7.05 Å². The van der Waals surface area contributed by atoms with Gasteiger partial charge in [0.2, 0.25) is 0 Å². The highest BCUT2D eigenvalue weighted by Gasteiger charge is 2.30. The first kappa shape index (κ1) is 11.9. The number of hydrogen-bond donors (Lipinski definition) is 1. The summed E-state index contributed by atoms with van der Waals surface area (Å²) in [4.78, 5) is 11.9. The van der Waals surface area contributed by atoms with Crippen LogP contribution in [0.5, 0.6) is 0 Å². The summed E-state index contributed by atoms with van der Waals surface area (Å²) < 4.78 is 7.00. The average Bonchev–Trinajstić information content (AvgIpc) is 2.57. The molecule has 6 nitrogen and oxygen atoms in total. The van der Waals surface area contributed by atoms with Gasteiger partial charge < -0.3 is 10.1 Å². The summed E-state index contributed by atoms with van der Waals surface area (Å²) in [6.45, 7) is 5.60. The molecule has 1 unspecified atom stereocenters. The van der Waals surface area contributed by atoms with Crippen molar-refractivity contribution < 1.29 is 9.53 Å². The van der Waals surface area contributed by atoms with Gasteiger partial charge in [0.05, 0.1) is 0 Å². The summed E-state index contributed by atoms with van der Waals surface area (Å²) in [5.74, 6) is 0.594. The van der Waals surface area contributed by atoms with E-state index in [0.29, 0.717) is 6.42 Å². The Labute approximate surface area is 100 Å². The van der Waals surface area contributed by atoms with E-state index in [4.69, 9.17) is 4.74 Å². The van der Waals surface area contributed by atoms with Gasteiger partial charge in [0.15, 0.2) is 0 Å². The van der Waals surface area contributed by atoms with Crippen LogP contribution in [0.4, 0.5) is 5.82 Å². The quantitative estimate of drug-likeness (QED) is 0.736. The van der Waals surface area contributed by atoms with Crippen LogP contribution in [0, 0.1) is 0 Å². The first-order chi connectivity index (χ1) is 7.87. The summed E-state index contributed by atoms with van der Waals surface area (Å²) in [5.41, 5.74) is 0.455. The van der Waals surface area contributed by atoms with E-state index in [2.05, 4.69) is 15.6 Å². The Morgan fingerprint density at radius 2 is 2.24 bits per heavy atom. The van der Waals surface area contributed by atoms with Gasteiger partial charge in [-0.05, 0) is 33.6 Å². The van der Waals surface area contributed by atoms with Crippen LogP contribution in [0.3, 0.4) is 0 Å². The first-order valence-corrected chi connectivity index (χ1v) is 5.75. The third-order valence-electron chi connectivity index (χ3n) is 2.57. The second-order valence-corrected chi connectivity index (χ2v) is 5.28. The van der Waals surface area contributed by atoms with Gasteiger partial charge in [-0.25, -0.2) is 9.48 Å². The van der Waals surface area contributed by atoms with Gasteiger partial charge in [-0.15, -0.1) is 5.10 Å². The van der Waals surface area contributed by atoms with Gasteiger partial charge in [-0.2, -0.15) is 0 Å². The normalized spacial score (nSPS) is 19.4. The molecule has 0 fully saturated rings. The van der Waals surface area contributed by atoms with Crippen LogP contribution >= 0.6 is 0 Å². The number of aryl methyl sites for hydroxylation is 2. The van der Waals surface area contributed by atoms with Crippen molar-refractivity contribution in [3.8, 4) is 0 Å². The maximum Gasteiger partial charge on any atom is 0.329 e. The van der Waals surface area contributed by atoms with Gasteiger partial charge in [0.25, 0.3) is 0 Å². The topological polar surface area (TPSA) is 69.0 Å². The second kappa shape index (κ2) is 4.01. The number of ether oxygens (including phenoxy) is 1. The van der Waals surface area contributed by atoms with E-state index < -0.39 is 5.60 Å². The summed E-state index contributed by atoms with van der Waals surface area (Å²) in [5, 5.41) is 11.1. The Bertz CT molecular complexity index is 433. The van der Waals surface area contributed by atoms with Crippen molar-refractivity contribution in [1.29, 1.82) is 0 Å². The van der Waals surface area contributed by atoms with Gasteiger partial charge >= 0.3 is 5.97 Å². The lowest BCUT2D eigenvalue weighted by molar-refractivity contribution is -0.156. The molecule has 17 heavy (non-hydrogen) atoms. The zero-order valence-electron chi connectivity index (χ0n) is 10.6. The monoisotopic (exact) mass is 238 g/mol. The van der Waals surface area contributed by atoms with E-state index in [1.165, 1.54) is 0 Å². The van der Waals surface area contributed by atoms with Gasteiger partial charge in [-0.1, -0.05) is 5.21 Å². The highest BCUT2D eigenvalue weighted by Crippen LogP contribution is 2.23. The average molecular weight is 238 g/mol. The fourth-order valence-corrected chi connectivity index (χ4v) is 1.81. The number of carbonyl (C=O) groups excluding carboxylic acids is 1. The lowest BCUT2D eigenvalue weighted by atomic mass is 10.0. The Morgan fingerprint density at radius 3 is 2.88 bits per heavy atom. The van der Waals surface area contributed by atoms with Crippen LogP contribution in [-0.2, 0) is 23.0 Å². The minimum Gasteiger partial charge on any atom is -0.458 e. The number of rotatable bonds is 1. The van der Waals surface area contributed by atoms with Crippen molar-refractivity contribution in [3.05, 3.63) is 5.69 Å². The van der Waals surface area contributed by atoms with Crippen LogP contribution in [0.25, 0.3) is 0 Å². The minimum absolute atomic E-state index is 0.218. The largest absolute Gasteiger partial charge is 0.458 e. The molecule has 1 aromatic heterocycles. The Kier molecular flexibility index (Phi) is 2.81. The number of carbonyl (C=O) groups is 1. The van der Waals surface area contributed by atoms with Crippen molar-refractivity contribution in [2.75, 3.05) is 5.32 Å². The Hall–Kier alpha value is -1.59. The number of nitrogens with one attached hydrogen (secondary N) is 1. The van der Waals surface area contributed by atoms with Crippen LogP contribution < -0.4 is 5.32 Å². The molecule has 94 valence electrons. The SMILES string of the molecule is Cn1nnc2c1NC(C(=O)OC(C)(C)C)CC2. The van der Waals surface area contributed by atoms with Crippen LogP contribution in [0.1, 0.15) is 32.9 Å². The molecule has 2 rings (SSSR count). The van der Waals surface area contributed by atoms with Crippen LogP contribution in [-0.4, -0.2) is 32.6 Å². The summed E-state index contributed by atoms with van der Waals surface area (Å²) in [7, 11) is 1.80. The molecule has 0 bridgehead atoms. The van der Waals surface area contributed by atoms with Gasteiger partial charge in [-0.3, -0.25) is 0 Å². The van der Waals surface area contributed by atoms with Crippen molar-refractivity contribution >= 4 is 11.8 Å². The molecular formula is C11H18N4O2. The van der Waals surface area contributed by atoms with E-state index in [1.807, 2.05) is 20.8 Å². The van der Waals surface area contributed by atoms with Gasteiger partial charge in [0.1, 0.15) is 23.2 Å². The summed E-state index contributed by atoms with van der Waals surface area (Å²) in [6, 6.07) is -0.307. The second-order valence-electron chi connectivity index (χ2n) is 5.28. The molecule has 6 heteroatoms. The summed E-state index contributed by atoms with van der Waals surface area (Å²) in [6.07, 6.45) is 1.45. The van der Waals surface area contributed by atoms with Crippen molar-refractivity contribution in [2.45, 2.75) is 45.3 Å². The number of esters is 1. The fraction of sp³-hybridized carbons (Fsp3) is 0.727. The highest BCUT2D eigenvalue weighted by atomic mass is 16.6. The zero-order chi connectivity index (χ0) is 12.6. The first-order valence-electron chi connectivity index (χ1n) is 5.75. The molecule has 0 aliphatic carbocycles. The molecule has 0 saturated heterocycles. The Balaban J connectivity index is 2.07. The number of anilines is 1. The molecule has 1 aliphatic rings.